The molecule has 0 heterocycles. The summed E-state index contributed by atoms with van der Waals surface area (Å²) in [6.07, 6.45) is 1.37. The summed E-state index contributed by atoms with van der Waals surface area (Å²) in [7, 11) is 0. The number of hydrogen-bond acceptors (Lipinski definition) is 3. The van der Waals surface area contributed by atoms with Gasteiger partial charge in [0, 0.05) is 15.6 Å². The molecular weight excluding hydrogens is 335 g/mol. The van der Waals surface area contributed by atoms with Crippen LogP contribution in [0.3, 0.4) is 0 Å². The van der Waals surface area contributed by atoms with Crippen molar-refractivity contribution in [2.45, 2.75) is 0 Å². The largest absolute Gasteiger partial charge is 0.507 e. The Morgan fingerprint density at radius 1 is 1.10 bits per heavy atom. The Morgan fingerprint density at radius 2 is 1.76 bits per heavy atom. The summed E-state index contributed by atoms with van der Waals surface area (Å²) in [5.41, 5.74) is 2.90. The van der Waals surface area contributed by atoms with Gasteiger partial charge in [-0.25, -0.2) is 5.43 Å². The van der Waals surface area contributed by atoms with Crippen LogP contribution in [0.25, 0.3) is 0 Å². The van der Waals surface area contributed by atoms with Gasteiger partial charge in [-0.05, 0) is 30.3 Å². The van der Waals surface area contributed by atoms with Gasteiger partial charge in [-0.15, -0.1) is 0 Å². The van der Waals surface area contributed by atoms with E-state index in [1.165, 1.54) is 24.4 Å². The van der Waals surface area contributed by atoms with E-state index >= 15 is 0 Å². The van der Waals surface area contributed by atoms with E-state index in [1.807, 2.05) is 0 Å². The van der Waals surface area contributed by atoms with E-state index in [4.69, 9.17) is 34.8 Å². The molecular formula is C14H9Cl3N2O2. The molecule has 7 heteroatoms. The van der Waals surface area contributed by atoms with Crippen LogP contribution in [-0.4, -0.2) is 17.2 Å². The molecule has 2 rings (SSSR count). The average molecular weight is 344 g/mol. The molecule has 1 amide bonds. The number of carbonyl (C=O) groups excluding carboxylic acids is 1. The van der Waals surface area contributed by atoms with Crippen molar-refractivity contribution in [1.82, 2.24) is 5.43 Å². The van der Waals surface area contributed by atoms with E-state index in [2.05, 4.69) is 10.5 Å². The van der Waals surface area contributed by atoms with Gasteiger partial charge in [-0.2, -0.15) is 5.10 Å². The Hall–Kier alpha value is -1.75. The fraction of sp³-hybridized carbons (Fsp3) is 0. The molecule has 0 saturated carbocycles. The predicted octanol–water partition coefficient (Wildman–Crippen LogP) is 4.12. The number of phenolic OH excluding ortho intramolecular Hbond substituents is 1. The molecule has 0 bridgehead atoms. The van der Waals surface area contributed by atoms with E-state index in [0.29, 0.717) is 20.6 Å². The maximum absolute atomic E-state index is 11.8. The second-order valence-electron chi connectivity index (χ2n) is 4.03. The third kappa shape index (κ3) is 4.11. The number of hydrogen-bond donors (Lipinski definition) is 2. The first-order chi connectivity index (χ1) is 9.97. The Bertz CT molecular complexity index is 717. The van der Waals surface area contributed by atoms with E-state index in [0.717, 1.165) is 0 Å². The molecule has 0 fully saturated rings. The van der Waals surface area contributed by atoms with Gasteiger partial charge in [0.1, 0.15) is 5.75 Å². The summed E-state index contributed by atoms with van der Waals surface area (Å²) in [4.78, 5) is 11.8. The molecule has 0 aliphatic rings. The molecule has 108 valence electrons. The fourth-order valence-corrected chi connectivity index (χ4v) is 2.15. The summed E-state index contributed by atoms with van der Waals surface area (Å²) < 4.78 is 0. The highest BCUT2D eigenvalue weighted by atomic mass is 35.5. The normalized spacial score (nSPS) is 10.8. The summed E-state index contributed by atoms with van der Waals surface area (Å²) in [5, 5.41) is 14.6. The van der Waals surface area contributed by atoms with Crippen LogP contribution in [-0.2, 0) is 0 Å². The second-order valence-corrected chi connectivity index (χ2v) is 5.31. The average Bonchev–Trinajstić information content (AvgIpc) is 2.43. The third-order valence-electron chi connectivity index (χ3n) is 2.54. The molecule has 0 spiro atoms. The first-order valence-electron chi connectivity index (χ1n) is 5.74. The van der Waals surface area contributed by atoms with Gasteiger partial charge in [-0.3, -0.25) is 4.79 Å². The molecule has 0 atom stereocenters. The van der Waals surface area contributed by atoms with Crippen molar-refractivity contribution in [3.63, 3.8) is 0 Å². The van der Waals surface area contributed by atoms with Crippen molar-refractivity contribution in [2.75, 3.05) is 0 Å². The molecule has 2 N–H and O–H groups in total. The van der Waals surface area contributed by atoms with Crippen LogP contribution in [0.1, 0.15) is 15.9 Å². The Labute approximate surface area is 135 Å². The quantitative estimate of drug-likeness (QED) is 0.650. The van der Waals surface area contributed by atoms with Gasteiger partial charge in [0.2, 0.25) is 0 Å². The molecule has 0 radical (unpaired) electrons. The van der Waals surface area contributed by atoms with E-state index in [-0.39, 0.29) is 11.3 Å². The summed E-state index contributed by atoms with van der Waals surface area (Å²) >= 11 is 17.5. The van der Waals surface area contributed by atoms with Crippen LogP contribution < -0.4 is 5.43 Å². The Kier molecular flexibility index (Phi) is 5.07. The monoisotopic (exact) mass is 342 g/mol. The lowest BCUT2D eigenvalue weighted by Gasteiger charge is -2.03. The van der Waals surface area contributed by atoms with Gasteiger partial charge < -0.3 is 5.11 Å². The lowest BCUT2D eigenvalue weighted by molar-refractivity contribution is 0.0952. The van der Waals surface area contributed by atoms with Crippen LogP contribution in [0, 0.1) is 0 Å². The highest BCUT2D eigenvalue weighted by Crippen LogP contribution is 2.21. The lowest BCUT2D eigenvalue weighted by atomic mass is 10.2. The SMILES string of the molecule is O=C(N/N=C/c1ccc(Cl)cc1Cl)c1cc(Cl)ccc1O. The molecule has 0 aliphatic carbocycles. The number of phenols is 1. The number of nitrogens with zero attached hydrogens (tertiary/aromatic N) is 1. The van der Waals surface area contributed by atoms with Gasteiger partial charge in [0.15, 0.2) is 0 Å². The van der Waals surface area contributed by atoms with E-state index < -0.39 is 5.91 Å². The van der Waals surface area contributed by atoms with Crippen molar-refractivity contribution in [2.24, 2.45) is 5.10 Å². The Balaban J connectivity index is 2.10. The first kappa shape index (κ1) is 15.6. The van der Waals surface area contributed by atoms with E-state index in [1.54, 1.807) is 18.2 Å². The van der Waals surface area contributed by atoms with Crippen LogP contribution in [0.4, 0.5) is 0 Å². The number of amides is 1. The molecule has 0 saturated heterocycles. The maximum Gasteiger partial charge on any atom is 0.275 e. The molecule has 2 aromatic carbocycles. The smallest absolute Gasteiger partial charge is 0.275 e. The summed E-state index contributed by atoms with van der Waals surface area (Å²) in [6.45, 7) is 0. The zero-order chi connectivity index (χ0) is 15.4. The number of halogens is 3. The zero-order valence-electron chi connectivity index (χ0n) is 10.5. The van der Waals surface area contributed by atoms with Gasteiger partial charge in [0.25, 0.3) is 5.91 Å². The van der Waals surface area contributed by atoms with Crippen LogP contribution in [0.2, 0.25) is 15.1 Å². The molecule has 0 unspecified atom stereocenters. The van der Waals surface area contributed by atoms with Crippen molar-refractivity contribution < 1.29 is 9.90 Å². The minimum absolute atomic E-state index is 0.0295. The minimum Gasteiger partial charge on any atom is -0.507 e. The molecule has 21 heavy (non-hydrogen) atoms. The third-order valence-corrected chi connectivity index (χ3v) is 3.33. The fourth-order valence-electron chi connectivity index (χ4n) is 1.52. The molecule has 0 aliphatic heterocycles. The number of benzene rings is 2. The van der Waals surface area contributed by atoms with Crippen molar-refractivity contribution in [3.8, 4) is 5.75 Å². The Morgan fingerprint density at radius 3 is 2.48 bits per heavy atom. The maximum atomic E-state index is 11.8. The van der Waals surface area contributed by atoms with Gasteiger partial charge in [0.05, 0.1) is 16.8 Å². The van der Waals surface area contributed by atoms with Crippen LogP contribution in [0.5, 0.6) is 5.75 Å². The van der Waals surface area contributed by atoms with Gasteiger partial charge in [-0.1, -0.05) is 40.9 Å². The topological polar surface area (TPSA) is 61.7 Å². The highest BCUT2D eigenvalue weighted by molar-refractivity contribution is 6.36. The lowest BCUT2D eigenvalue weighted by Crippen LogP contribution is -2.17. The van der Waals surface area contributed by atoms with E-state index in [9.17, 15) is 9.90 Å². The number of aromatic hydroxyl groups is 1. The first-order valence-corrected chi connectivity index (χ1v) is 6.88. The molecule has 4 nitrogen and oxygen atoms in total. The number of carbonyl (C=O) groups is 1. The van der Waals surface area contributed by atoms with Crippen LogP contribution in [0.15, 0.2) is 41.5 Å². The number of nitrogens with one attached hydrogen (secondary N) is 1. The molecule has 0 aromatic heterocycles. The summed E-state index contributed by atoms with van der Waals surface area (Å²) in [5.74, 6) is -0.770. The molecule has 2 aromatic rings. The predicted molar refractivity (Wildman–Crippen MR) is 84.6 cm³/mol. The van der Waals surface area contributed by atoms with Crippen molar-refractivity contribution >= 4 is 46.9 Å². The van der Waals surface area contributed by atoms with Crippen molar-refractivity contribution in [1.29, 1.82) is 0 Å². The highest BCUT2D eigenvalue weighted by Gasteiger charge is 2.10. The van der Waals surface area contributed by atoms with Crippen molar-refractivity contribution in [3.05, 3.63) is 62.6 Å². The minimum atomic E-state index is -0.587. The standard InChI is InChI=1S/C14H9Cl3N2O2/c15-9-3-4-13(20)11(5-9)14(21)19-18-7-8-1-2-10(16)6-12(8)17/h1-7,20H,(H,19,21)/b18-7+. The zero-order valence-corrected chi connectivity index (χ0v) is 12.7. The second kappa shape index (κ2) is 6.80. The summed E-state index contributed by atoms with van der Waals surface area (Å²) in [6, 6.07) is 9.03. The van der Waals surface area contributed by atoms with Gasteiger partial charge >= 0.3 is 0 Å². The number of hydrazone groups is 1. The number of rotatable bonds is 3. The van der Waals surface area contributed by atoms with Crippen LogP contribution >= 0.6 is 34.8 Å².